The van der Waals surface area contributed by atoms with Gasteiger partial charge in [-0.2, -0.15) is 4.68 Å². The highest BCUT2D eigenvalue weighted by atomic mass is 32.2. The lowest BCUT2D eigenvalue weighted by atomic mass is 10.1. The van der Waals surface area contributed by atoms with Gasteiger partial charge in [0.25, 0.3) is 0 Å². The number of aromatic nitrogens is 4. The number of nitrogens with zero attached hydrogens (tertiary/aromatic N) is 4. The van der Waals surface area contributed by atoms with Crippen molar-refractivity contribution in [3.63, 3.8) is 0 Å². The molecule has 1 unspecified atom stereocenters. The molecule has 0 bridgehead atoms. The topological polar surface area (TPSA) is 89.8 Å². The summed E-state index contributed by atoms with van der Waals surface area (Å²) in [6, 6.07) is 13.0. The predicted molar refractivity (Wildman–Crippen MR) is 118 cm³/mol. The van der Waals surface area contributed by atoms with Gasteiger partial charge in [0, 0.05) is 17.7 Å². The van der Waals surface area contributed by atoms with E-state index in [0.717, 1.165) is 23.2 Å². The molecule has 2 aromatic carbocycles. The number of ketones is 1. The molecule has 1 N–H and O–H groups in total. The maximum Gasteiger partial charge on any atom is 0.224 e. The van der Waals surface area contributed by atoms with E-state index in [9.17, 15) is 9.59 Å². The minimum absolute atomic E-state index is 0.0255. The molecule has 0 aliphatic heterocycles. The average molecular weight is 424 g/mol. The first kappa shape index (κ1) is 21.7. The molecule has 0 spiro atoms. The summed E-state index contributed by atoms with van der Waals surface area (Å²) < 4.78 is 1.69. The van der Waals surface area contributed by atoms with Crippen molar-refractivity contribution in [2.45, 2.75) is 50.9 Å². The van der Waals surface area contributed by atoms with E-state index in [4.69, 9.17) is 0 Å². The quantitative estimate of drug-likeness (QED) is 0.427. The Balaban J connectivity index is 1.73. The largest absolute Gasteiger partial charge is 0.326 e. The zero-order chi connectivity index (χ0) is 21.7. The normalized spacial score (nSPS) is 11.9. The second kappa shape index (κ2) is 9.67. The third-order valence-electron chi connectivity index (χ3n) is 4.67. The summed E-state index contributed by atoms with van der Waals surface area (Å²) in [6.45, 7) is 7.81. The van der Waals surface area contributed by atoms with Gasteiger partial charge in [0.1, 0.15) is 0 Å². The number of nitrogens with one attached hydrogen (secondary N) is 1. The first-order chi connectivity index (χ1) is 14.4. The number of aryl methyl sites for hydroxylation is 2. The Labute approximate surface area is 180 Å². The molecule has 0 aliphatic carbocycles. The number of rotatable bonds is 8. The van der Waals surface area contributed by atoms with Crippen LogP contribution in [0.1, 0.15) is 48.2 Å². The van der Waals surface area contributed by atoms with Crippen LogP contribution in [0.2, 0.25) is 0 Å². The summed E-state index contributed by atoms with van der Waals surface area (Å²) in [5, 5.41) is 15.1. The Hall–Kier alpha value is -3.00. The van der Waals surface area contributed by atoms with Crippen LogP contribution in [0.25, 0.3) is 5.69 Å². The smallest absolute Gasteiger partial charge is 0.224 e. The lowest BCUT2D eigenvalue weighted by Crippen LogP contribution is -2.15. The van der Waals surface area contributed by atoms with Crippen molar-refractivity contribution >= 4 is 29.1 Å². The van der Waals surface area contributed by atoms with Gasteiger partial charge < -0.3 is 5.32 Å². The van der Waals surface area contributed by atoms with Crippen molar-refractivity contribution < 1.29 is 9.59 Å². The third kappa shape index (κ3) is 4.94. The second-order valence-electron chi connectivity index (χ2n) is 7.11. The first-order valence-corrected chi connectivity index (χ1v) is 10.7. The van der Waals surface area contributed by atoms with Gasteiger partial charge in [0.15, 0.2) is 5.78 Å². The van der Waals surface area contributed by atoms with Gasteiger partial charge in [0.2, 0.25) is 11.1 Å². The van der Waals surface area contributed by atoms with Crippen molar-refractivity contribution in [3.05, 3.63) is 59.2 Å². The maximum absolute atomic E-state index is 12.9. The summed E-state index contributed by atoms with van der Waals surface area (Å²) in [6.07, 6.45) is 1.27. The summed E-state index contributed by atoms with van der Waals surface area (Å²) in [7, 11) is 0. The van der Waals surface area contributed by atoms with E-state index in [0.29, 0.717) is 22.8 Å². The Morgan fingerprint density at radius 3 is 2.40 bits per heavy atom. The minimum Gasteiger partial charge on any atom is -0.326 e. The van der Waals surface area contributed by atoms with Crippen LogP contribution in [-0.4, -0.2) is 37.1 Å². The number of carbonyl (C=O) groups is 2. The molecule has 0 fully saturated rings. The van der Waals surface area contributed by atoms with Crippen LogP contribution in [0.5, 0.6) is 0 Å². The predicted octanol–water partition coefficient (Wildman–Crippen LogP) is 4.38. The van der Waals surface area contributed by atoms with Crippen LogP contribution in [0, 0.1) is 13.8 Å². The van der Waals surface area contributed by atoms with Gasteiger partial charge in [-0.15, -0.1) is 5.10 Å². The average Bonchev–Trinajstić information content (AvgIpc) is 3.15. The van der Waals surface area contributed by atoms with Crippen LogP contribution < -0.4 is 5.32 Å². The first-order valence-electron chi connectivity index (χ1n) is 9.86. The van der Waals surface area contributed by atoms with Gasteiger partial charge >= 0.3 is 0 Å². The molecule has 7 nitrogen and oxygen atoms in total. The van der Waals surface area contributed by atoms with Gasteiger partial charge in [-0.1, -0.05) is 36.9 Å². The Kier molecular flexibility index (Phi) is 6.99. The van der Waals surface area contributed by atoms with Crippen LogP contribution in [-0.2, 0) is 4.79 Å². The van der Waals surface area contributed by atoms with E-state index in [2.05, 4.69) is 20.8 Å². The van der Waals surface area contributed by atoms with E-state index in [1.54, 1.807) is 28.9 Å². The molecule has 1 aromatic heterocycles. The molecule has 0 saturated heterocycles. The number of amides is 1. The SMILES string of the molecule is CCCC(=O)Nc1ccc(C(=O)C(C)Sc2nnnn2-c2c(C)cccc2C)cc1. The molecular weight excluding hydrogens is 398 g/mol. The molecule has 1 heterocycles. The van der Waals surface area contributed by atoms with Gasteiger partial charge in [-0.25, -0.2) is 0 Å². The van der Waals surface area contributed by atoms with Crippen molar-refractivity contribution in [1.82, 2.24) is 20.2 Å². The van der Waals surface area contributed by atoms with E-state index in [-0.39, 0.29) is 16.9 Å². The Bertz CT molecular complexity index is 1030. The molecule has 156 valence electrons. The lowest BCUT2D eigenvalue weighted by Gasteiger charge is -2.13. The van der Waals surface area contributed by atoms with Crippen molar-refractivity contribution in [3.8, 4) is 5.69 Å². The van der Waals surface area contributed by atoms with E-state index in [1.807, 2.05) is 45.9 Å². The minimum atomic E-state index is -0.375. The summed E-state index contributed by atoms with van der Waals surface area (Å²) in [5.41, 5.74) is 4.31. The van der Waals surface area contributed by atoms with Gasteiger partial charge in [0.05, 0.1) is 10.9 Å². The molecule has 0 saturated carbocycles. The van der Waals surface area contributed by atoms with Crippen LogP contribution >= 0.6 is 11.8 Å². The number of benzene rings is 2. The van der Waals surface area contributed by atoms with Crippen molar-refractivity contribution in [2.75, 3.05) is 5.32 Å². The molecule has 0 radical (unpaired) electrons. The number of carbonyl (C=O) groups excluding carboxylic acids is 2. The van der Waals surface area contributed by atoms with Gasteiger partial charge in [-0.3, -0.25) is 9.59 Å². The Morgan fingerprint density at radius 2 is 1.77 bits per heavy atom. The fourth-order valence-electron chi connectivity index (χ4n) is 3.15. The summed E-state index contributed by atoms with van der Waals surface area (Å²) >= 11 is 1.32. The molecule has 8 heteroatoms. The van der Waals surface area contributed by atoms with Crippen molar-refractivity contribution in [2.24, 2.45) is 0 Å². The number of Topliss-reactive ketones (excluding diaryl/α,β-unsaturated/α-hetero) is 1. The maximum atomic E-state index is 12.9. The number of tetrazole rings is 1. The highest BCUT2D eigenvalue weighted by Crippen LogP contribution is 2.28. The number of hydrogen-bond acceptors (Lipinski definition) is 6. The molecule has 1 amide bonds. The number of thioether (sulfide) groups is 1. The highest BCUT2D eigenvalue weighted by molar-refractivity contribution is 8.00. The number of para-hydroxylation sites is 1. The monoisotopic (exact) mass is 423 g/mol. The fourth-order valence-corrected chi connectivity index (χ4v) is 4.02. The molecule has 1 atom stereocenters. The zero-order valence-corrected chi connectivity index (χ0v) is 18.4. The van der Waals surface area contributed by atoms with Gasteiger partial charge in [-0.05, 0) is 73.0 Å². The number of hydrogen-bond donors (Lipinski definition) is 1. The zero-order valence-electron chi connectivity index (χ0n) is 17.5. The molecular formula is C22H25N5O2S. The standard InChI is InChI=1S/C22H25N5O2S/c1-5-7-19(28)23-18-12-10-17(11-13-18)21(29)16(4)30-22-24-25-26-27(22)20-14(2)8-6-9-15(20)3/h6,8-13,16H,5,7H2,1-4H3,(H,23,28). The summed E-state index contributed by atoms with van der Waals surface area (Å²) in [5.74, 6) is -0.0543. The Morgan fingerprint density at radius 1 is 1.10 bits per heavy atom. The van der Waals surface area contributed by atoms with Crippen LogP contribution in [0.4, 0.5) is 5.69 Å². The van der Waals surface area contributed by atoms with E-state index < -0.39 is 0 Å². The molecule has 30 heavy (non-hydrogen) atoms. The second-order valence-corrected chi connectivity index (χ2v) is 8.42. The molecule has 3 aromatic rings. The van der Waals surface area contributed by atoms with E-state index in [1.165, 1.54) is 11.8 Å². The number of anilines is 1. The van der Waals surface area contributed by atoms with Crippen LogP contribution in [0.3, 0.4) is 0 Å². The molecule has 0 aliphatic rings. The van der Waals surface area contributed by atoms with E-state index >= 15 is 0 Å². The fraction of sp³-hybridized carbons (Fsp3) is 0.318. The third-order valence-corrected chi connectivity index (χ3v) is 5.71. The van der Waals surface area contributed by atoms with Crippen LogP contribution in [0.15, 0.2) is 47.6 Å². The highest BCUT2D eigenvalue weighted by Gasteiger charge is 2.21. The van der Waals surface area contributed by atoms with Crippen molar-refractivity contribution in [1.29, 1.82) is 0 Å². The summed E-state index contributed by atoms with van der Waals surface area (Å²) in [4.78, 5) is 24.6. The lowest BCUT2D eigenvalue weighted by molar-refractivity contribution is -0.116. The molecule has 3 rings (SSSR count).